The molecular formula is C21H30N4O4S2. The Kier molecular flexibility index (Phi) is 8.12. The van der Waals surface area contributed by atoms with Gasteiger partial charge in [-0.1, -0.05) is 32.5 Å². The molecule has 3 rings (SSSR count). The Labute approximate surface area is 190 Å². The highest BCUT2D eigenvalue weighted by atomic mass is 32.2. The van der Waals surface area contributed by atoms with E-state index in [2.05, 4.69) is 17.6 Å². The fourth-order valence-electron chi connectivity index (χ4n) is 3.64. The zero-order valence-electron chi connectivity index (χ0n) is 18.4. The Hall–Kier alpha value is -1.91. The summed E-state index contributed by atoms with van der Waals surface area (Å²) in [6.07, 6.45) is 3.00. The van der Waals surface area contributed by atoms with Gasteiger partial charge in [0.1, 0.15) is 4.83 Å². The van der Waals surface area contributed by atoms with Gasteiger partial charge in [0.15, 0.2) is 5.16 Å². The van der Waals surface area contributed by atoms with Crippen LogP contribution >= 0.6 is 23.1 Å². The van der Waals surface area contributed by atoms with Crippen LogP contribution in [0.25, 0.3) is 10.2 Å². The van der Waals surface area contributed by atoms with Crippen LogP contribution in [0.4, 0.5) is 4.79 Å². The number of urea groups is 1. The van der Waals surface area contributed by atoms with E-state index in [0.717, 1.165) is 35.0 Å². The van der Waals surface area contributed by atoms with Crippen LogP contribution < -0.4 is 16.2 Å². The van der Waals surface area contributed by atoms with E-state index in [0.29, 0.717) is 30.8 Å². The number of rotatable bonds is 8. The standard InChI is InChI=1S/C21H30N4O4S2/c1-12(2)10-25-19(27)17-14-6-5-13(3)9-15(14)31-18(17)24-21(25)30-11-16(26)23-20(28)22-7-8-29-4/h12-13H,5-11H2,1-4H3,(H2,22,23,26,28). The van der Waals surface area contributed by atoms with Crippen LogP contribution in [0.2, 0.25) is 0 Å². The third-order valence-electron chi connectivity index (χ3n) is 5.10. The third kappa shape index (κ3) is 5.87. The number of thioether (sulfide) groups is 1. The van der Waals surface area contributed by atoms with Gasteiger partial charge in [0.05, 0.1) is 17.7 Å². The van der Waals surface area contributed by atoms with Crippen molar-refractivity contribution in [2.45, 2.75) is 51.7 Å². The number of aryl methyl sites for hydroxylation is 1. The molecule has 10 heteroatoms. The second-order valence-corrected chi connectivity index (χ2v) is 10.3. The first-order chi connectivity index (χ1) is 14.8. The zero-order valence-corrected chi connectivity index (χ0v) is 20.1. The van der Waals surface area contributed by atoms with Crippen molar-refractivity contribution in [3.05, 3.63) is 20.8 Å². The van der Waals surface area contributed by atoms with Gasteiger partial charge in [-0.2, -0.15) is 0 Å². The Bertz CT molecular complexity index is 1010. The van der Waals surface area contributed by atoms with E-state index in [1.54, 1.807) is 15.9 Å². The van der Waals surface area contributed by atoms with Gasteiger partial charge in [-0.05, 0) is 36.7 Å². The SMILES string of the molecule is COCCNC(=O)NC(=O)CSc1nc2sc3c(c2c(=O)n1CC(C)C)CCC(C)C3. The lowest BCUT2D eigenvalue weighted by Crippen LogP contribution is -2.41. The first-order valence-electron chi connectivity index (χ1n) is 10.5. The lowest BCUT2D eigenvalue weighted by molar-refractivity contribution is -0.117. The van der Waals surface area contributed by atoms with E-state index in [1.165, 1.54) is 23.7 Å². The van der Waals surface area contributed by atoms with Crippen LogP contribution in [-0.4, -0.2) is 47.5 Å². The van der Waals surface area contributed by atoms with Gasteiger partial charge < -0.3 is 10.1 Å². The van der Waals surface area contributed by atoms with Crippen molar-refractivity contribution in [1.29, 1.82) is 0 Å². The number of imide groups is 1. The fourth-order valence-corrected chi connectivity index (χ4v) is 5.88. The maximum Gasteiger partial charge on any atom is 0.321 e. The first kappa shape index (κ1) is 23.7. The minimum atomic E-state index is -0.564. The van der Waals surface area contributed by atoms with Crippen molar-refractivity contribution in [3.63, 3.8) is 0 Å². The molecule has 0 radical (unpaired) electrons. The molecule has 1 unspecified atom stereocenters. The summed E-state index contributed by atoms with van der Waals surface area (Å²) >= 11 is 2.79. The van der Waals surface area contributed by atoms with E-state index >= 15 is 0 Å². The number of aromatic nitrogens is 2. The second-order valence-electron chi connectivity index (χ2n) is 8.32. The number of carbonyl (C=O) groups is 2. The summed E-state index contributed by atoms with van der Waals surface area (Å²) in [5.41, 5.74) is 1.14. The maximum atomic E-state index is 13.4. The number of hydrogen-bond acceptors (Lipinski definition) is 7. The molecule has 0 fully saturated rings. The number of hydrogen-bond donors (Lipinski definition) is 2. The average Bonchev–Trinajstić information content (AvgIpc) is 3.06. The Balaban J connectivity index is 1.81. The molecule has 8 nitrogen and oxygen atoms in total. The van der Waals surface area contributed by atoms with Crippen molar-refractivity contribution in [2.75, 3.05) is 26.0 Å². The molecule has 170 valence electrons. The number of carbonyl (C=O) groups excluding carboxylic acids is 2. The fraction of sp³-hybridized carbons (Fsp3) is 0.619. The molecule has 1 aliphatic rings. The topological polar surface area (TPSA) is 102 Å². The molecule has 0 saturated heterocycles. The predicted molar refractivity (Wildman–Crippen MR) is 124 cm³/mol. The number of nitrogens with zero attached hydrogens (tertiary/aromatic N) is 2. The Morgan fingerprint density at radius 2 is 2.16 bits per heavy atom. The molecule has 0 aliphatic heterocycles. The molecule has 2 N–H and O–H groups in total. The van der Waals surface area contributed by atoms with Crippen LogP contribution in [0, 0.1) is 11.8 Å². The maximum absolute atomic E-state index is 13.4. The number of fused-ring (bicyclic) bond motifs is 3. The van der Waals surface area contributed by atoms with Crippen molar-refractivity contribution in [1.82, 2.24) is 20.2 Å². The molecule has 0 bridgehead atoms. The second kappa shape index (κ2) is 10.6. The normalized spacial score (nSPS) is 15.8. The quantitative estimate of drug-likeness (QED) is 0.352. The van der Waals surface area contributed by atoms with Gasteiger partial charge in [0.25, 0.3) is 5.56 Å². The van der Waals surface area contributed by atoms with Gasteiger partial charge in [-0.3, -0.25) is 19.5 Å². The number of thiophene rings is 1. The predicted octanol–water partition coefficient (Wildman–Crippen LogP) is 2.80. The Morgan fingerprint density at radius 1 is 1.39 bits per heavy atom. The molecule has 3 amide bonds. The Morgan fingerprint density at radius 3 is 2.87 bits per heavy atom. The molecule has 1 atom stereocenters. The largest absolute Gasteiger partial charge is 0.383 e. The van der Waals surface area contributed by atoms with Gasteiger partial charge in [0, 0.05) is 25.1 Å². The summed E-state index contributed by atoms with van der Waals surface area (Å²) in [5.74, 6) is 0.428. The van der Waals surface area contributed by atoms with Gasteiger partial charge in [0.2, 0.25) is 5.91 Å². The molecule has 31 heavy (non-hydrogen) atoms. The molecule has 0 saturated carbocycles. The third-order valence-corrected chi connectivity index (χ3v) is 7.23. The molecular weight excluding hydrogens is 436 g/mol. The number of ether oxygens (including phenoxy) is 1. The van der Waals surface area contributed by atoms with Crippen LogP contribution in [0.3, 0.4) is 0 Å². The van der Waals surface area contributed by atoms with Gasteiger partial charge in [-0.15, -0.1) is 11.3 Å². The lowest BCUT2D eigenvalue weighted by atomic mass is 9.89. The van der Waals surface area contributed by atoms with Crippen molar-refractivity contribution in [3.8, 4) is 0 Å². The highest BCUT2D eigenvalue weighted by Gasteiger charge is 2.25. The average molecular weight is 467 g/mol. The first-order valence-corrected chi connectivity index (χ1v) is 12.3. The van der Waals surface area contributed by atoms with Gasteiger partial charge in [-0.25, -0.2) is 9.78 Å². The number of amides is 3. The summed E-state index contributed by atoms with van der Waals surface area (Å²) in [6.45, 7) is 7.55. The van der Waals surface area contributed by atoms with Crippen molar-refractivity contribution >= 4 is 45.3 Å². The molecule has 2 heterocycles. The molecule has 2 aromatic heterocycles. The van der Waals surface area contributed by atoms with E-state index in [9.17, 15) is 14.4 Å². The van der Waals surface area contributed by atoms with Gasteiger partial charge >= 0.3 is 6.03 Å². The number of methoxy groups -OCH3 is 1. The summed E-state index contributed by atoms with van der Waals surface area (Å²) in [7, 11) is 1.53. The zero-order chi connectivity index (χ0) is 22.5. The van der Waals surface area contributed by atoms with E-state index < -0.39 is 11.9 Å². The smallest absolute Gasteiger partial charge is 0.321 e. The molecule has 0 spiro atoms. The molecule has 0 aromatic carbocycles. The van der Waals surface area contributed by atoms with Crippen LogP contribution in [0.15, 0.2) is 9.95 Å². The minimum Gasteiger partial charge on any atom is -0.383 e. The highest BCUT2D eigenvalue weighted by molar-refractivity contribution is 7.99. The summed E-state index contributed by atoms with van der Waals surface area (Å²) in [4.78, 5) is 44.1. The molecule has 1 aliphatic carbocycles. The van der Waals surface area contributed by atoms with E-state index in [-0.39, 0.29) is 17.2 Å². The van der Waals surface area contributed by atoms with E-state index in [4.69, 9.17) is 9.72 Å². The molecule has 2 aromatic rings. The minimum absolute atomic E-state index is 0.00410. The summed E-state index contributed by atoms with van der Waals surface area (Å²) < 4.78 is 6.55. The van der Waals surface area contributed by atoms with E-state index in [1.807, 2.05) is 13.8 Å². The summed E-state index contributed by atoms with van der Waals surface area (Å²) in [6, 6.07) is -0.564. The number of nitrogens with one attached hydrogen (secondary N) is 2. The monoisotopic (exact) mass is 466 g/mol. The summed E-state index contributed by atoms with van der Waals surface area (Å²) in [5, 5.41) is 6.10. The lowest BCUT2D eigenvalue weighted by Gasteiger charge is -2.18. The van der Waals surface area contributed by atoms with Crippen LogP contribution in [-0.2, 0) is 28.9 Å². The van der Waals surface area contributed by atoms with Crippen LogP contribution in [0.1, 0.15) is 37.6 Å². The van der Waals surface area contributed by atoms with Crippen molar-refractivity contribution in [2.24, 2.45) is 11.8 Å². The van der Waals surface area contributed by atoms with Crippen LogP contribution in [0.5, 0.6) is 0 Å². The highest BCUT2D eigenvalue weighted by Crippen LogP contribution is 2.36. The van der Waals surface area contributed by atoms with Crippen molar-refractivity contribution < 1.29 is 14.3 Å².